The van der Waals surface area contributed by atoms with Gasteiger partial charge in [-0.05, 0) is 49.6 Å². The van der Waals surface area contributed by atoms with Gasteiger partial charge in [0, 0.05) is 29.9 Å². The number of hydrogen-bond donors (Lipinski definition) is 3. The van der Waals surface area contributed by atoms with Crippen molar-refractivity contribution in [3.63, 3.8) is 0 Å². The number of aromatic nitrogens is 1. The molecule has 1 fully saturated rings. The molecule has 2 aromatic rings. The number of H-pyrrole nitrogens is 1. The van der Waals surface area contributed by atoms with Gasteiger partial charge in [-0.15, -0.1) is 0 Å². The zero-order valence-electron chi connectivity index (χ0n) is 15.9. The number of rotatable bonds is 3. The van der Waals surface area contributed by atoms with Crippen LogP contribution in [0.2, 0.25) is 5.02 Å². The van der Waals surface area contributed by atoms with Gasteiger partial charge in [-0.1, -0.05) is 11.6 Å². The molecule has 29 heavy (non-hydrogen) atoms. The number of amides is 4. The van der Waals surface area contributed by atoms with Gasteiger partial charge in [-0.3, -0.25) is 24.5 Å². The van der Waals surface area contributed by atoms with Crippen LogP contribution in [0.1, 0.15) is 50.5 Å². The highest BCUT2D eigenvalue weighted by molar-refractivity contribution is 6.32. The minimum atomic E-state index is -0.669. The number of halogens is 1. The van der Waals surface area contributed by atoms with Crippen LogP contribution in [-0.4, -0.2) is 39.6 Å². The van der Waals surface area contributed by atoms with Crippen molar-refractivity contribution in [2.75, 3.05) is 5.32 Å². The quantitative estimate of drug-likeness (QED) is 0.669. The smallest absolute Gasteiger partial charge is 0.272 e. The Balaban J connectivity index is 1.53. The van der Waals surface area contributed by atoms with Gasteiger partial charge in [0.05, 0.1) is 5.02 Å². The summed E-state index contributed by atoms with van der Waals surface area (Å²) in [5.74, 6) is -1.36. The van der Waals surface area contributed by atoms with E-state index in [1.807, 2.05) is 0 Å². The Morgan fingerprint density at radius 3 is 2.66 bits per heavy atom. The number of hydrogen-bond acceptors (Lipinski definition) is 4. The fourth-order valence-electron chi connectivity index (χ4n) is 3.80. The molecule has 2 aliphatic rings. The largest absolute Gasteiger partial charge is 0.353 e. The molecule has 1 aromatic carbocycles. The maximum absolute atomic E-state index is 12.7. The van der Waals surface area contributed by atoms with E-state index in [1.165, 1.54) is 4.90 Å². The monoisotopic (exact) mass is 414 g/mol. The molecule has 4 rings (SSSR count). The number of carbonyl (C=O) groups is 4. The van der Waals surface area contributed by atoms with Crippen molar-refractivity contribution < 1.29 is 19.2 Å². The first-order chi connectivity index (χ1) is 13.8. The van der Waals surface area contributed by atoms with Gasteiger partial charge >= 0.3 is 0 Å². The lowest BCUT2D eigenvalue weighted by Crippen LogP contribution is -2.52. The van der Waals surface area contributed by atoms with Crippen LogP contribution in [-0.2, 0) is 16.1 Å². The third kappa shape index (κ3) is 3.29. The standard InChI is InChI=1S/C20H19ClN4O4/c1-9-16(21)10(2)22-17(9)19(28)23-12-3-4-13-11(7-12)8-25(20(13)29)14-5-6-15(26)24-18(14)27/h3-4,7,14,22H,5-6,8H2,1-2H3,(H,23,28)(H,24,26,27). The van der Waals surface area contributed by atoms with E-state index < -0.39 is 11.9 Å². The van der Waals surface area contributed by atoms with Crippen LogP contribution in [0.15, 0.2) is 18.2 Å². The first kappa shape index (κ1) is 19.2. The summed E-state index contributed by atoms with van der Waals surface area (Å²) in [6, 6.07) is 4.34. The molecule has 0 bridgehead atoms. The van der Waals surface area contributed by atoms with Gasteiger partial charge < -0.3 is 15.2 Å². The highest BCUT2D eigenvalue weighted by atomic mass is 35.5. The summed E-state index contributed by atoms with van der Waals surface area (Å²) in [5.41, 5.74) is 3.51. The summed E-state index contributed by atoms with van der Waals surface area (Å²) in [6.45, 7) is 3.80. The molecule has 2 aliphatic heterocycles. The van der Waals surface area contributed by atoms with E-state index in [0.717, 1.165) is 5.56 Å². The second-order valence-electron chi connectivity index (χ2n) is 7.29. The molecule has 0 saturated carbocycles. The van der Waals surface area contributed by atoms with E-state index in [2.05, 4.69) is 15.6 Å². The Labute approximate surface area is 171 Å². The predicted molar refractivity (Wildman–Crippen MR) is 106 cm³/mol. The molecule has 1 unspecified atom stereocenters. The molecule has 4 amide bonds. The molecule has 0 aliphatic carbocycles. The van der Waals surface area contributed by atoms with Crippen LogP contribution in [0, 0.1) is 13.8 Å². The van der Waals surface area contributed by atoms with Crippen molar-refractivity contribution in [2.24, 2.45) is 0 Å². The van der Waals surface area contributed by atoms with Gasteiger partial charge in [0.15, 0.2) is 0 Å². The van der Waals surface area contributed by atoms with Gasteiger partial charge in [0.2, 0.25) is 11.8 Å². The van der Waals surface area contributed by atoms with Crippen molar-refractivity contribution in [3.8, 4) is 0 Å². The van der Waals surface area contributed by atoms with Crippen LogP contribution in [0.5, 0.6) is 0 Å². The predicted octanol–water partition coefficient (Wildman–Crippen LogP) is 2.30. The van der Waals surface area contributed by atoms with Gasteiger partial charge in [-0.2, -0.15) is 0 Å². The lowest BCUT2D eigenvalue weighted by molar-refractivity contribution is -0.136. The maximum Gasteiger partial charge on any atom is 0.272 e. The number of imide groups is 1. The molecule has 1 aromatic heterocycles. The van der Waals surface area contributed by atoms with E-state index in [4.69, 9.17) is 11.6 Å². The van der Waals surface area contributed by atoms with Gasteiger partial charge in [0.25, 0.3) is 11.8 Å². The third-order valence-electron chi connectivity index (χ3n) is 5.35. The molecule has 150 valence electrons. The highest BCUT2D eigenvalue weighted by Crippen LogP contribution is 2.30. The molecule has 1 atom stereocenters. The average Bonchev–Trinajstić information content (AvgIpc) is 3.13. The number of nitrogens with zero attached hydrogens (tertiary/aromatic N) is 1. The Hall–Kier alpha value is -3.13. The lowest BCUT2D eigenvalue weighted by atomic mass is 10.0. The Bertz CT molecular complexity index is 1070. The molecule has 1 saturated heterocycles. The van der Waals surface area contributed by atoms with Crippen molar-refractivity contribution in [2.45, 2.75) is 39.3 Å². The average molecular weight is 415 g/mol. The second-order valence-corrected chi connectivity index (χ2v) is 7.67. The first-order valence-electron chi connectivity index (χ1n) is 9.20. The number of aromatic amines is 1. The molecular formula is C20H19ClN4O4. The summed E-state index contributed by atoms with van der Waals surface area (Å²) in [7, 11) is 0. The second kappa shape index (κ2) is 7.04. The highest BCUT2D eigenvalue weighted by Gasteiger charge is 2.39. The number of anilines is 1. The minimum absolute atomic E-state index is 0.204. The number of nitrogens with one attached hydrogen (secondary N) is 3. The third-order valence-corrected chi connectivity index (χ3v) is 5.92. The summed E-state index contributed by atoms with van der Waals surface area (Å²) < 4.78 is 0. The van der Waals surface area contributed by atoms with Crippen LogP contribution in [0.4, 0.5) is 5.69 Å². The zero-order chi connectivity index (χ0) is 20.9. The molecular weight excluding hydrogens is 396 g/mol. The van der Waals surface area contributed by atoms with Crippen molar-refractivity contribution in [1.29, 1.82) is 0 Å². The number of aryl methyl sites for hydroxylation is 1. The summed E-state index contributed by atoms with van der Waals surface area (Å²) >= 11 is 6.14. The molecule has 3 heterocycles. The molecule has 0 radical (unpaired) electrons. The molecule has 3 N–H and O–H groups in total. The fraction of sp³-hybridized carbons (Fsp3) is 0.300. The summed E-state index contributed by atoms with van der Waals surface area (Å²) in [5, 5.41) is 5.61. The van der Waals surface area contributed by atoms with Crippen LogP contribution >= 0.6 is 11.6 Å². The molecule has 0 spiro atoms. The summed E-state index contributed by atoms with van der Waals surface area (Å²) in [4.78, 5) is 53.2. The lowest BCUT2D eigenvalue weighted by Gasteiger charge is -2.29. The van der Waals surface area contributed by atoms with Crippen LogP contribution in [0.3, 0.4) is 0 Å². The Morgan fingerprint density at radius 1 is 1.24 bits per heavy atom. The van der Waals surface area contributed by atoms with E-state index in [0.29, 0.717) is 39.6 Å². The Morgan fingerprint density at radius 2 is 2.00 bits per heavy atom. The SMILES string of the molecule is Cc1[nH]c(C(=O)Nc2ccc3c(c2)CN(C2CCC(=O)NC2=O)C3=O)c(C)c1Cl. The summed E-state index contributed by atoms with van der Waals surface area (Å²) in [6.07, 6.45) is 0.509. The van der Waals surface area contributed by atoms with Crippen molar-refractivity contribution in [1.82, 2.24) is 15.2 Å². The van der Waals surface area contributed by atoms with Crippen molar-refractivity contribution >= 4 is 40.9 Å². The number of fused-ring (bicyclic) bond motifs is 1. The zero-order valence-corrected chi connectivity index (χ0v) is 16.6. The van der Waals surface area contributed by atoms with Crippen LogP contribution < -0.4 is 10.6 Å². The topological polar surface area (TPSA) is 111 Å². The molecule has 9 heteroatoms. The minimum Gasteiger partial charge on any atom is -0.353 e. The van der Waals surface area contributed by atoms with E-state index >= 15 is 0 Å². The number of piperidine rings is 1. The maximum atomic E-state index is 12.7. The van der Waals surface area contributed by atoms with E-state index in [-0.39, 0.29) is 30.7 Å². The van der Waals surface area contributed by atoms with E-state index in [1.54, 1.807) is 32.0 Å². The Kier molecular flexibility index (Phi) is 4.66. The van der Waals surface area contributed by atoms with Gasteiger partial charge in [-0.25, -0.2) is 0 Å². The number of benzene rings is 1. The normalized spacial score (nSPS) is 18.7. The molecule has 8 nitrogen and oxygen atoms in total. The van der Waals surface area contributed by atoms with Crippen molar-refractivity contribution in [3.05, 3.63) is 51.3 Å². The fourth-order valence-corrected chi connectivity index (χ4v) is 3.94. The van der Waals surface area contributed by atoms with E-state index in [9.17, 15) is 19.2 Å². The van der Waals surface area contributed by atoms with Gasteiger partial charge in [0.1, 0.15) is 11.7 Å². The first-order valence-corrected chi connectivity index (χ1v) is 9.57. The van der Waals surface area contributed by atoms with Crippen LogP contribution in [0.25, 0.3) is 0 Å². The number of carbonyl (C=O) groups excluding carboxylic acids is 4.